The van der Waals surface area contributed by atoms with Gasteiger partial charge in [-0.3, -0.25) is 0 Å². The van der Waals surface area contributed by atoms with E-state index in [1.165, 1.54) is 18.2 Å². The van der Waals surface area contributed by atoms with Crippen LogP contribution in [0.3, 0.4) is 0 Å². The largest absolute Gasteiger partial charge is 0.416 e. The van der Waals surface area contributed by atoms with E-state index in [2.05, 4.69) is 0 Å². The highest BCUT2D eigenvalue weighted by Crippen LogP contribution is 2.31. The minimum Gasteiger partial charge on any atom is -0.207 e. The Morgan fingerprint density at radius 2 is 1.58 bits per heavy atom. The average molecular weight is 265 g/mol. The van der Waals surface area contributed by atoms with Gasteiger partial charge >= 0.3 is 6.18 Å². The highest BCUT2D eigenvalue weighted by Gasteiger charge is 2.30. The van der Waals surface area contributed by atoms with E-state index in [4.69, 9.17) is 5.26 Å². The van der Waals surface area contributed by atoms with E-state index in [1.54, 1.807) is 0 Å². The van der Waals surface area contributed by atoms with E-state index < -0.39 is 17.6 Å². The van der Waals surface area contributed by atoms with Gasteiger partial charge in [0, 0.05) is 0 Å². The molecule has 0 amide bonds. The second-order valence-electron chi connectivity index (χ2n) is 3.88. The van der Waals surface area contributed by atoms with E-state index in [-0.39, 0.29) is 5.56 Å². The molecule has 0 fully saturated rings. The lowest BCUT2D eigenvalue weighted by molar-refractivity contribution is -0.137. The first-order valence-corrected chi connectivity index (χ1v) is 5.29. The summed E-state index contributed by atoms with van der Waals surface area (Å²) in [5.74, 6) is -0.563. The van der Waals surface area contributed by atoms with E-state index >= 15 is 0 Å². The summed E-state index contributed by atoms with van der Waals surface area (Å²) in [5.41, 5.74) is 0.152. The maximum absolute atomic E-state index is 13.0. The predicted octanol–water partition coefficient (Wildman–Crippen LogP) is 4.38. The van der Waals surface area contributed by atoms with Gasteiger partial charge in [0.1, 0.15) is 5.82 Å². The smallest absolute Gasteiger partial charge is 0.207 e. The van der Waals surface area contributed by atoms with Crippen LogP contribution in [0.25, 0.3) is 11.1 Å². The van der Waals surface area contributed by atoms with E-state index in [0.717, 1.165) is 24.3 Å². The van der Waals surface area contributed by atoms with Crippen LogP contribution in [0.2, 0.25) is 0 Å². The monoisotopic (exact) mass is 265 g/mol. The van der Waals surface area contributed by atoms with Crippen LogP contribution in [0.1, 0.15) is 11.1 Å². The summed E-state index contributed by atoms with van der Waals surface area (Å²) in [6.45, 7) is 0. The Kier molecular flexibility index (Phi) is 3.26. The third-order valence-electron chi connectivity index (χ3n) is 2.63. The van der Waals surface area contributed by atoms with Crippen molar-refractivity contribution in [1.82, 2.24) is 0 Å². The average Bonchev–Trinajstić information content (AvgIpc) is 2.37. The molecule has 0 saturated heterocycles. The Labute approximate surface area is 106 Å². The van der Waals surface area contributed by atoms with Gasteiger partial charge in [0.2, 0.25) is 0 Å². The molecule has 2 aromatic carbocycles. The molecule has 2 rings (SSSR count). The van der Waals surface area contributed by atoms with Crippen molar-refractivity contribution in [3.8, 4) is 17.2 Å². The third-order valence-corrected chi connectivity index (χ3v) is 2.63. The molecule has 0 radical (unpaired) electrons. The topological polar surface area (TPSA) is 23.8 Å². The first-order valence-electron chi connectivity index (χ1n) is 5.29. The Morgan fingerprint density at radius 3 is 2.11 bits per heavy atom. The molecule has 0 aliphatic carbocycles. The summed E-state index contributed by atoms with van der Waals surface area (Å²) in [5, 5.41) is 8.89. The molecule has 96 valence electrons. The fourth-order valence-corrected chi connectivity index (χ4v) is 1.70. The molecule has 19 heavy (non-hydrogen) atoms. The molecule has 0 aliphatic rings. The summed E-state index contributed by atoms with van der Waals surface area (Å²) in [6, 6.07) is 9.78. The maximum Gasteiger partial charge on any atom is 0.416 e. The second-order valence-corrected chi connectivity index (χ2v) is 3.88. The molecule has 0 aliphatic heterocycles. The molecule has 0 atom stereocenters. The molecule has 2 aromatic rings. The second kappa shape index (κ2) is 4.73. The van der Waals surface area contributed by atoms with Crippen LogP contribution in [0.15, 0.2) is 42.5 Å². The van der Waals surface area contributed by atoms with E-state index in [9.17, 15) is 17.6 Å². The van der Waals surface area contributed by atoms with Crippen molar-refractivity contribution in [2.75, 3.05) is 0 Å². The molecule has 5 heteroatoms. The predicted molar refractivity (Wildman–Crippen MR) is 61.6 cm³/mol. The first kappa shape index (κ1) is 13.1. The molecule has 0 unspecified atom stereocenters. The molecule has 0 heterocycles. The quantitative estimate of drug-likeness (QED) is 0.702. The molecule has 0 N–H and O–H groups in total. The summed E-state index contributed by atoms with van der Waals surface area (Å²) in [6.07, 6.45) is -4.40. The SMILES string of the molecule is N#Cc1cc(F)ccc1-c1ccc(C(F)(F)F)cc1. The van der Waals surface area contributed by atoms with Crippen LogP contribution >= 0.6 is 0 Å². The van der Waals surface area contributed by atoms with Crippen molar-refractivity contribution in [3.63, 3.8) is 0 Å². The summed E-state index contributed by atoms with van der Waals surface area (Å²) in [4.78, 5) is 0. The van der Waals surface area contributed by atoms with Gasteiger partial charge in [-0.2, -0.15) is 18.4 Å². The minimum atomic E-state index is -4.40. The lowest BCUT2D eigenvalue weighted by Crippen LogP contribution is -2.04. The zero-order chi connectivity index (χ0) is 14.0. The number of benzene rings is 2. The standard InChI is InChI=1S/C14H7F4N/c15-12-5-6-13(10(7-12)8-19)9-1-3-11(4-2-9)14(16,17)18/h1-7H. The van der Waals surface area contributed by atoms with Gasteiger partial charge in [-0.1, -0.05) is 18.2 Å². The zero-order valence-corrected chi connectivity index (χ0v) is 9.50. The van der Waals surface area contributed by atoms with Crippen LogP contribution in [0, 0.1) is 17.1 Å². The normalized spacial score (nSPS) is 11.1. The molecule has 0 spiro atoms. The Bertz CT molecular complexity index is 636. The van der Waals surface area contributed by atoms with E-state index in [1.807, 2.05) is 6.07 Å². The van der Waals surface area contributed by atoms with Gasteiger partial charge in [-0.15, -0.1) is 0 Å². The highest BCUT2D eigenvalue weighted by molar-refractivity contribution is 5.70. The maximum atomic E-state index is 13.0. The van der Waals surface area contributed by atoms with Gasteiger partial charge in [-0.05, 0) is 35.4 Å². The number of alkyl halides is 3. The van der Waals surface area contributed by atoms with Crippen molar-refractivity contribution in [2.45, 2.75) is 6.18 Å². The van der Waals surface area contributed by atoms with Crippen LogP contribution in [-0.2, 0) is 6.18 Å². The van der Waals surface area contributed by atoms with Crippen molar-refractivity contribution in [1.29, 1.82) is 5.26 Å². The Hall–Kier alpha value is -2.35. The summed E-state index contributed by atoms with van der Waals surface area (Å²) < 4.78 is 50.2. The van der Waals surface area contributed by atoms with Gasteiger partial charge in [0.15, 0.2) is 0 Å². The van der Waals surface area contributed by atoms with Gasteiger partial charge in [0.25, 0.3) is 0 Å². The third kappa shape index (κ3) is 2.74. The number of nitriles is 1. The van der Waals surface area contributed by atoms with Crippen LogP contribution < -0.4 is 0 Å². The number of rotatable bonds is 1. The number of nitrogens with zero attached hydrogens (tertiary/aromatic N) is 1. The van der Waals surface area contributed by atoms with Crippen molar-refractivity contribution >= 4 is 0 Å². The molecular formula is C14H7F4N. The summed E-state index contributed by atoms with van der Waals surface area (Å²) in [7, 11) is 0. The van der Waals surface area contributed by atoms with Crippen LogP contribution in [0.4, 0.5) is 17.6 Å². The Balaban J connectivity index is 2.47. The fourth-order valence-electron chi connectivity index (χ4n) is 1.70. The van der Waals surface area contributed by atoms with Gasteiger partial charge in [-0.25, -0.2) is 4.39 Å². The van der Waals surface area contributed by atoms with Crippen LogP contribution in [0.5, 0.6) is 0 Å². The van der Waals surface area contributed by atoms with Gasteiger partial charge in [0.05, 0.1) is 17.2 Å². The first-order chi connectivity index (χ1) is 8.91. The molecular weight excluding hydrogens is 258 g/mol. The summed E-state index contributed by atoms with van der Waals surface area (Å²) >= 11 is 0. The van der Waals surface area contributed by atoms with Crippen molar-refractivity contribution in [2.24, 2.45) is 0 Å². The number of hydrogen-bond donors (Lipinski definition) is 0. The highest BCUT2D eigenvalue weighted by atomic mass is 19.4. The van der Waals surface area contributed by atoms with Crippen molar-refractivity contribution in [3.05, 3.63) is 59.4 Å². The zero-order valence-electron chi connectivity index (χ0n) is 9.50. The van der Waals surface area contributed by atoms with E-state index in [0.29, 0.717) is 11.1 Å². The Morgan fingerprint density at radius 1 is 0.947 bits per heavy atom. The molecule has 1 nitrogen and oxygen atoms in total. The molecule has 0 aromatic heterocycles. The number of hydrogen-bond acceptors (Lipinski definition) is 1. The lowest BCUT2D eigenvalue weighted by atomic mass is 9.99. The number of halogens is 4. The lowest BCUT2D eigenvalue weighted by Gasteiger charge is -2.08. The molecule has 0 bridgehead atoms. The minimum absolute atomic E-state index is 0.0831. The fraction of sp³-hybridized carbons (Fsp3) is 0.0714. The van der Waals surface area contributed by atoms with Gasteiger partial charge < -0.3 is 0 Å². The van der Waals surface area contributed by atoms with Crippen molar-refractivity contribution < 1.29 is 17.6 Å². The molecule has 0 saturated carbocycles. The van der Waals surface area contributed by atoms with Crippen LogP contribution in [-0.4, -0.2) is 0 Å².